The molecule has 0 saturated carbocycles. The first-order valence-corrected chi connectivity index (χ1v) is 8.10. The minimum Gasteiger partial charge on any atom is -0.506 e. The largest absolute Gasteiger partial charge is 0.506 e. The van der Waals surface area contributed by atoms with Crippen LogP contribution in [0.3, 0.4) is 0 Å². The van der Waals surface area contributed by atoms with E-state index in [1.54, 1.807) is 0 Å². The van der Waals surface area contributed by atoms with Crippen molar-refractivity contribution in [2.24, 2.45) is 7.05 Å². The van der Waals surface area contributed by atoms with Crippen LogP contribution in [0, 0.1) is 0 Å². The number of carbonyl (C=O) groups excluding carboxylic acids is 2. The normalized spacial score (nSPS) is 14.5. The number of aldehydes is 1. The Balaban J connectivity index is 2.10. The minimum absolute atomic E-state index is 0.208. The second-order valence-corrected chi connectivity index (χ2v) is 5.92. The number of pyridine rings is 1. The maximum atomic E-state index is 12.5. The van der Waals surface area contributed by atoms with Gasteiger partial charge in [-0.3, -0.25) is 14.2 Å². The summed E-state index contributed by atoms with van der Waals surface area (Å²) in [5, 5.41) is 12.8. The fourth-order valence-corrected chi connectivity index (χ4v) is 2.96. The molecular weight excluding hydrogens is 326 g/mol. The summed E-state index contributed by atoms with van der Waals surface area (Å²) in [5.41, 5.74) is -0.854. The van der Waals surface area contributed by atoms with Crippen molar-refractivity contribution < 1.29 is 14.7 Å². The minimum atomic E-state index is -0.813. The van der Waals surface area contributed by atoms with Gasteiger partial charge in [-0.2, -0.15) is 4.98 Å². The quantitative estimate of drug-likeness (QED) is 0.746. The lowest BCUT2D eigenvalue weighted by atomic mass is 10.1. The molecule has 0 aromatic carbocycles. The number of rotatable bonds is 4. The second kappa shape index (κ2) is 6.88. The number of fused-ring (bicyclic) bond motifs is 1. The van der Waals surface area contributed by atoms with Crippen LogP contribution in [-0.2, 0) is 11.8 Å². The van der Waals surface area contributed by atoms with Gasteiger partial charge in [-0.05, 0) is 19.3 Å². The number of nitrogens with one attached hydrogen (secondary N) is 1. The van der Waals surface area contributed by atoms with Gasteiger partial charge in [-0.15, -0.1) is 0 Å². The van der Waals surface area contributed by atoms with Gasteiger partial charge in [-0.1, -0.05) is 0 Å². The van der Waals surface area contributed by atoms with E-state index in [2.05, 4.69) is 15.3 Å². The number of hydrogen-bond donors (Lipinski definition) is 2. The van der Waals surface area contributed by atoms with Gasteiger partial charge < -0.3 is 20.1 Å². The van der Waals surface area contributed by atoms with Gasteiger partial charge in [0.2, 0.25) is 5.95 Å². The zero-order valence-electron chi connectivity index (χ0n) is 13.9. The molecule has 25 heavy (non-hydrogen) atoms. The highest BCUT2D eigenvalue weighted by atomic mass is 16.3. The van der Waals surface area contributed by atoms with Crippen molar-refractivity contribution in [3.63, 3.8) is 0 Å². The number of nitrogens with zero attached hydrogens (tertiary/aromatic N) is 4. The molecule has 0 radical (unpaired) electrons. The van der Waals surface area contributed by atoms with Gasteiger partial charge in [0.1, 0.15) is 17.6 Å². The molecular formula is C16H19N5O4. The Morgan fingerprint density at radius 2 is 2.08 bits per heavy atom. The first kappa shape index (κ1) is 16.9. The highest BCUT2D eigenvalue weighted by molar-refractivity contribution is 6.02. The van der Waals surface area contributed by atoms with E-state index < -0.39 is 22.8 Å². The third-order valence-electron chi connectivity index (χ3n) is 4.30. The van der Waals surface area contributed by atoms with Crippen LogP contribution >= 0.6 is 0 Å². The number of aromatic hydroxyl groups is 1. The van der Waals surface area contributed by atoms with E-state index in [9.17, 15) is 19.5 Å². The molecule has 0 bridgehead atoms. The molecule has 1 aliphatic rings. The fraction of sp³-hybridized carbons (Fsp3) is 0.438. The number of aryl methyl sites for hydroxylation is 1. The smallest absolute Gasteiger partial charge is 0.268 e. The van der Waals surface area contributed by atoms with Crippen LogP contribution in [0.25, 0.3) is 11.0 Å². The molecule has 0 aliphatic carbocycles. The third kappa shape index (κ3) is 3.04. The van der Waals surface area contributed by atoms with Crippen LogP contribution in [0.15, 0.2) is 11.0 Å². The Kier molecular flexibility index (Phi) is 4.64. The molecule has 1 amide bonds. The number of amides is 1. The van der Waals surface area contributed by atoms with E-state index >= 15 is 0 Å². The molecule has 3 heterocycles. The topological polar surface area (TPSA) is 117 Å². The lowest BCUT2D eigenvalue weighted by molar-refractivity contribution is -0.107. The molecule has 0 atom stereocenters. The summed E-state index contributed by atoms with van der Waals surface area (Å²) in [5.74, 6) is -0.793. The van der Waals surface area contributed by atoms with Gasteiger partial charge in [0.25, 0.3) is 11.5 Å². The van der Waals surface area contributed by atoms with Crippen LogP contribution in [0.4, 0.5) is 5.95 Å². The van der Waals surface area contributed by atoms with Crippen LogP contribution in [0.1, 0.15) is 29.6 Å². The van der Waals surface area contributed by atoms with E-state index in [1.165, 1.54) is 24.2 Å². The average molecular weight is 345 g/mol. The molecule has 0 spiro atoms. The average Bonchev–Trinajstić information content (AvgIpc) is 2.65. The fourth-order valence-electron chi connectivity index (χ4n) is 2.96. The Bertz CT molecular complexity index is 886. The Morgan fingerprint density at radius 3 is 2.76 bits per heavy atom. The van der Waals surface area contributed by atoms with E-state index in [0.29, 0.717) is 12.2 Å². The van der Waals surface area contributed by atoms with Gasteiger partial charge >= 0.3 is 0 Å². The number of carbonyl (C=O) groups is 2. The highest BCUT2D eigenvalue weighted by Crippen LogP contribution is 2.26. The van der Waals surface area contributed by atoms with Crippen molar-refractivity contribution in [3.8, 4) is 5.75 Å². The number of anilines is 1. The van der Waals surface area contributed by atoms with Gasteiger partial charge in [0, 0.05) is 26.3 Å². The van der Waals surface area contributed by atoms with Crippen molar-refractivity contribution in [2.45, 2.75) is 19.3 Å². The van der Waals surface area contributed by atoms with Gasteiger partial charge in [0.05, 0.1) is 11.9 Å². The maximum Gasteiger partial charge on any atom is 0.268 e. The first-order chi connectivity index (χ1) is 12.0. The molecule has 1 saturated heterocycles. The third-order valence-corrected chi connectivity index (χ3v) is 4.30. The van der Waals surface area contributed by atoms with E-state index in [4.69, 9.17) is 0 Å². The predicted octanol–water partition coefficient (Wildman–Crippen LogP) is -0.0469. The number of aromatic nitrogens is 3. The van der Waals surface area contributed by atoms with E-state index in [-0.39, 0.29) is 17.6 Å². The summed E-state index contributed by atoms with van der Waals surface area (Å²) < 4.78 is 1.21. The van der Waals surface area contributed by atoms with Crippen molar-refractivity contribution >= 4 is 29.2 Å². The summed E-state index contributed by atoms with van der Waals surface area (Å²) >= 11 is 0. The lowest BCUT2D eigenvalue weighted by Crippen LogP contribution is -2.34. The first-order valence-electron chi connectivity index (χ1n) is 8.10. The van der Waals surface area contributed by atoms with Crippen LogP contribution in [0.5, 0.6) is 5.75 Å². The van der Waals surface area contributed by atoms with Gasteiger partial charge in [-0.25, -0.2) is 4.98 Å². The van der Waals surface area contributed by atoms with Crippen LogP contribution in [-0.4, -0.2) is 51.5 Å². The van der Waals surface area contributed by atoms with Crippen molar-refractivity contribution in [3.05, 3.63) is 22.1 Å². The summed E-state index contributed by atoms with van der Waals surface area (Å²) in [6, 6.07) is 0. The molecule has 2 aromatic rings. The monoisotopic (exact) mass is 345 g/mol. The summed E-state index contributed by atoms with van der Waals surface area (Å²) in [6.07, 6.45) is 5.19. The lowest BCUT2D eigenvalue weighted by Gasteiger charge is -2.26. The Morgan fingerprint density at radius 1 is 1.36 bits per heavy atom. The zero-order valence-corrected chi connectivity index (χ0v) is 13.9. The molecule has 0 unspecified atom stereocenters. The van der Waals surface area contributed by atoms with Crippen LogP contribution < -0.4 is 15.8 Å². The zero-order chi connectivity index (χ0) is 18.0. The molecule has 1 aliphatic heterocycles. The second-order valence-electron chi connectivity index (χ2n) is 5.92. The SMILES string of the molecule is Cn1c(=O)c(C(=O)NCC=O)c(O)c2cnc(N3CCCCC3)nc21. The molecule has 2 aromatic heterocycles. The van der Waals surface area contributed by atoms with Crippen molar-refractivity contribution in [2.75, 3.05) is 24.5 Å². The summed E-state index contributed by atoms with van der Waals surface area (Å²) in [4.78, 5) is 45.7. The predicted molar refractivity (Wildman–Crippen MR) is 90.9 cm³/mol. The standard InChI is InChI=1S/C16H19N5O4/c1-20-13-10(9-18-16(19-13)21-6-3-2-4-7-21)12(23)11(15(20)25)14(24)17-5-8-22/h8-9,23H,2-7H2,1H3,(H,17,24). The molecule has 9 heteroatoms. The Labute approximate surface area is 143 Å². The molecule has 2 N–H and O–H groups in total. The molecule has 1 fully saturated rings. The van der Waals surface area contributed by atoms with Crippen LogP contribution in [0.2, 0.25) is 0 Å². The molecule has 132 valence electrons. The van der Waals surface area contributed by atoms with E-state index in [1.807, 2.05) is 4.90 Å². The highest BCUT2D eigenvalue weighted by Gasteiger charge is 2.23. The van der Waals surface area contributed by atoms with E-state index in [0.717, 1.165) is 25.9 Å². The maximum absolute atomic E-state index is 12.5. The molecule has 3 rings (SSSR count). The summed E-state index contributed by atoms with van der Waals surface area (Å²) in [6.45, 7) is 1.44. The van der Waals surface area contributed by atoms with Crippen molar-refractivity contribution in [1.29, 1.82) is 0 Å². The van der Waals surface area contributed by atoms with Gasteiger partial charge in [0.15, 0.2) is 5.65 Å². The Hall–Kier alpha value is -2.97. The summed E-state index contributed by atoms with van der Waals surface area (Å²) in [7, 11) is 1.48. The van der Waals surface area contributed by atoms with Crippen molar-refractivity contribution in [1.82, 2.24) is 19.9 Å². The number of piperidine rings is 1. The number of hydrogen-bond acceptors (Lipinski definition) is 7. The molecule has 9 nitrogen and oxygen atoms in total.